The van der Waals surface area contributed by atoms with Crippen LogP contribution in [0.2, 0.25) is 0 Å². The Bertz CT molecular complexity index is 884. The van der Waals surface area contributed by atoms with E-state index in [1.165, 1.54) is 6.07 Å². The predicted molar refractivity (Wildman–Crippen MR) is 96.7 cm³/mol. The molecule has 1 aromatic heterocycles. The van der Waals surface area contributed by atoms with Crippen LogP contribution in [0.3, 0.4) is 0 Å². The Kier molecular flexibility index (Phi) is 4.17. The number of halogens is 1. The number of piperidine rings is 1. The maximum atomic E-state index is 14.2. The summed E-state index contributed by atoms with van der Waals surface area (Å²) in [5, 5.41) is 8.90. The Morgan fingerprint density at radius 2 is 2.00 bits per heavy atom. The van der Waals surface area contributed by atoms with Gasteiger partial charge in [-0.15, -0.1) is 5.10 Å². The van der Waals surface area contributed by atoms with E-state index in [2.05, 4.69) is 17.3 Å². The normalized spacial score (nSPS) is 20.7. The summed E-state index contributed by atoms with van der Waals surface area (Å²) in [6.07, 6.45) is 2.29. The third-order valence-corrected chi connectivity index (χ3v) is 4.88. The number of hydrogen-bond donors (Lipinski definition) is 1. The molecule has 1 saturated heterocycles. The van der Waals surface area contributed by atoms with Crippen LogP contribution < -0.4 is 10.1 Å². The number of fused-ring (bicyclic) bond motifs is 1. The van der Waals surface area contributed by atoms with E-state index in [0.29, 0.717) is 18.2 Å². The Hall–Kier alpha value is -2.40. The molecule has 1 aliphatic rings. The summed E-state index contributed by atoms with van der Waals surface area (Å²) in [6.45, 7) is 4.84. The Morgan fingerprint density at radius 3 is 2.80 bits per heavy atom. The van der Waals surface area contributed by atoms with Gasteiger partial charge in [0.2, 0.25) is 5.88 Å². The van der Waals surface area contributed by atoms with Gasteiger partial charge in [0.25, 0.3) is 0 Å². The minimum Gasteiger partial charge on any atom is -0.476 e. The first-order chi connectivity index (χ1) is 12.2. The average Bonchev–Trinajstić information content (AvgIpc) is 3.00. The summed E-state index contributed by atoms with van der Waals surface area (Å²) in [4.78, 5) is 0. The maximum Gasteiger partial charge on any atom is 0.241 e. The lowest BCUT2D eigenvalue weighted by Crippen LogP contribution is -2.41. The van der Waals surface area contributed by atoms with Crippen LogP contribution in [0.5, 0.6) is 5.88 Å². The first-order valence-electron chi connectivity index (χ1n) is 8.73. The Morgan fingerprint density at radius 1 is 1.20 bits per heavy atom. The highest BCUT2D eigenvalue weighted by molar-refractivity contribution is 5.86. The monoisotopic (exact) mass is 339 g/mol. The van der Waals surface area contributed by atoms with Gasteiger partial charge in [-0.1, -0.05) is 31.2 Å². The number of nitrogens with one attached hydrogen (secondary N) is 1. The van der Waals surface area contributed by atoms with Crippen molar-refractivity contribution in [2.24, 2.45) is 5.41 Å². The van der Waals surface area contributed by atoms with Crippen molar-refractivity contribution in [2.75, 3.05) is 19.7 Å². The van der Waals surface area contributed by atoms with E-state index in [4.69, 9.17) is 4.74 Å². The molecular weight excluding hydrogens is 317 g/mol. The van der Waals surface area contributed by atoms with Crippen LogP contribution in [-0.4, -0.2) is 29.5 Å². The molecule has 1 unspecified atom stereocenters. The number of hydrogen-bond acceptors (Lipinski definition) is 3. The molecule has 25 heavy (non-hydrogen) atoms. The van der Waals surface area contributed by atoms with Gasteiger partial charge >= 0.3 is 0 Å². The van der Waals surface area contributed by atoms with Crippen LogP contribution in [0.4, 0.5) is 4.39 Å². The van der Waals surface area contributed by atoms with E-state index >= 15 is 0 Å². The van der Waals surface area contributed by atoms with E-state index in [1.54, 1.807) is 16.8 Å². The summed E-state index contributed by atoms with van der Waals surface area (Å²) < 4.78 is 22.0. The fourth-order valence-corrected chi connectivity index (χ4v) is 3.44. The third-order valence-electron chi connectivity index (χ3n) is 4.88. The minimum atomic E-state index is -0.300. The largest absolute Gasteiger partial charge is 0.476 e. The van der Waals surface area contributed by atoms with Gasteiger partial charge in [0.05, 0.1) is 17.5 Å². The molecule has 0 bridgehead atoms. The first kappa shape index (κ1) is 16.1. The highest BCUT2D eigenvalue weighted by Gasteiger charge is 2.28. The molecule has 3 aromatic rings. The molecule has 0 saturated carbocycles. The van der Waals surface area contributed by atoms with E-state index in [-0.39, 0.29) is 11.2 Å². The van der Waals surface area contributed by atoms with Crippen molar-refractivity contribution in [3.05, 3.63) is 54.3 Å². The fourth-order valence-electron chi connectivity index (χ4n) is 3.44. The van der Waals surface area contributed by atoms with Crippen LogP contribution in [0.25, 0.3) is 16.6 Å². The number of aromatic nitrogens is 2. The van der Waals surface area contributed by atoms with Gasteiger partial charge in [0.15, 0.2) is 0 Å². The molecule has 4 rings (SSSR count). The predicted octanol–water partition coefficient (Wildman–Crippen LogP) is 3.93. The van der Waals surface area contributed by atoms with Crippen LogP contribution in [-0.2, 0) is 0 Å². The molecule has 4 nitrogen and oxygen atoms in total. The fraction of sp³-hybridized carbons (Fsp3) is 0.350. The molecule has 0 radical (unpaired) electrons. The number of para-hydroxylation sites is 2. The van der Waals surface area contributed by atoms with Gasteiger partial charge in [-0.2, -0.15) is 0 Å². The van der Waals surface area contributed by atoms with Gasteiger partial charge in [-0.25, -0.2) is 9.07 Å². The summed E-state index contributed by atoms with van der Waals surface area (Å²) in [5.74, 6) is 0.261. The van der Waals surface area contributed by atoms with E-state index in [0.717, 1.165) is 36.8 Å². The van der Waals surface area contributed by atoms with Crippen molar-refractivity contribution >= 4 is 10.9 Å². The smallest absolute Gasteiger partial charge is 0.241 e. The molecule has 2 heterocycles. The lowest BCUT2D eigenvalue weighted by Gasteiger charge is -2.33. The molecule has 1 N–H and O–H groups in total. The summed E-state index contributed by atoms with van der Waals surface area (Å²) in [6, 6.07) is 14.4. The highest BCUT2D eigenvalue weighted by Crippen LogP contribution is 2.31. The Balaban J connectivity index is 1.69. The average molecular weight is 339 g/mol. The molecule has 1 atom stereocenters. The summed E-state index contributed by atoms with van der Waals surface area (Å²) in [5.41, 5.74) is 1.37. The van der Waals surface area contributed by atoms with Crippen LogP contribution in [0, 0.1) is 11.2 Å². The molecule has 1 fully saturated rings. The second-order valence-corrected chi connectivity index (χ2v) is 7.07. The van der Waals surface area contributed by atoms with Gasteiger partial charge in [0.1, 0.15) is 11.5 Å². The molecule has 0 amide bonds. The number of rotatable bonds is 4. The van der Waals surface area contributed by atoms with Crippen molar-refractivity contribution in [3.63, 3.8) is 0 Å². The topological polar surface area (TPSA) is 39.1 Å². The standard InChI is InChI=1S/C20H22FN3O/c1-20(11-6-12-22-13-20)14-25-19-15-7-2-4-9-17(15)24(23-19)18-10-5-3-8-16(18)21/h2-5,7-10,22H,6,11-14H2,1H3. The number of ether oxygens (including phenoxy) is 1. The zero-order valence-corrected chi connectivity index (χ0v) is 14.3. The van der Waals surface area contributed by atoms with Crippen molar-refractivity contribution in [1.82, 2.24) is 15.1 Å². The quantitative estimate of drug-likeness (QED) is 0.783. The van der Waals surface area contributed by atoms with Crippen molar-refractivity contribution < 1.29 is 9.13 Å². The van der Waals surface area contributed by atoms with Gasteiger partial charge < -0.3 is 10.1 Å². The highest BCUT2D eigenvalue weighted by atomic mass is 19.1. The molecular formula is C20H22FN3O. The molecule has 130 valence electrons. The zero-order chi connectivity index (χ0) is 17.3. The van der Waals surface area contributed by atoms with Gasteiger partial charge in [0, 0.05) is 12.0 Å². The van der Waals surface area contributed by atoms with Crippen LogP contribution >= 0.6 is 0 Å². The van der Waals surface area contributed by atoms with E-state index in [1.807, 2.05) is 30.3 Å². The van der Waals surface area contributed by atoms with E-state index < -0.39 is 0 Å². The maximum absolute atomic E-state index is 14.2. The Labute approximate surface area is 146 Å². The van der Waals surface area contributed by atoms with Gasteiger partial charge in [-0.05, 0) is 43.7 Å². The van der Waals surface area contributed by atoms with Crippen molar-refractivity contribution in [2.45, 2.75) is 19.8 Å². The molecule has 1 aliphatic heterocycles. The number of benzene rings is 2. The minimum absolute atomic E-state index is 0.0983. The number of nitrogens with zero attached hydrogens (tertiary/aromatic N) is 2. The second-order valence-electron chi connectivity index (χ2n) is 7.07. The molecule has 0 aliphatic carbocycles. The van der Waals surface area contributed by atoms with E-state index in [9.17, 15) is 4.39 Å². The van der Waals surface area contributed by atoms with Crippen LogP contribution in [0.1, 0.15) is 19.8 Å². The molecule has 0 spiro atoms. The second kappa shape index (κ2) is 6.48. The molecule has 2 aromatic carbocycles. The zero-order valence-electron chi connectivity index (χ0n) is 14.3. The lowest BCUT2D eigenvalue weighted by atomic mass is 9.84. The lowest BCUT2D eigenvalue weighted by molar-refractivity contribution is 0.126. The first-order valence-corrected chi connectivity index (χ1v) is 8.73. The van der Waals surface area contributed by atoms with Gasteiger partial charge in [-0.3, -0.25) is 0 Å². The molecule has 5 heteroatoms. The van der Waals surface area contributed by atoms with Crippen molar-refractivity contribution in [1.29, 1.82) is 0 Å². The SMILES string of the molecule is CC1(COc2nn(-c3ccccc3F)c3ccccc23)CCCNC1. The van der Waals surface area contributed by atoms with Crippen LogP contribution in [0.15, 0.2) is 48.5 Å². The summed E-state index contributed by atoms with van der Waals surface area (Å²) >= 11 is 0. The third kappa shape index (κ3) is 3.12. The van der Waals surface area contributed by atoms with Crippen molar-refractivity contribution in [3.8, 4) is 11.6 Å². The summed E-state index contributed by atoms with van der Waals surface area (Å²) in [7, 11) is 0.